The van der Waals surface area contributed by atoms with Crippen LogP contribution >= 0.6 is 0 Å². The summed E-state index contributed by atoms with van der Waals surface area (Å²) in [7, 11) is 0. The molecule has 0 fully saturated rings. The average Bonchev–Trinajstić information content (AvgIpc) is 2.50. The molecule has 0 saturated carbocycles. The Morgan fingerprint density at radius 1 is 1.14 bits per heavy atom. The minimum atomic E-state index is -1.02. The maximum Gasteiger partial charge on any atom is 0.341 e. The molecule has 0 saturated heterocycles. The number of ether oxygens (including phenoxy) is 1. The van der Waals surface area contributed by atoms with E-state index in [1.165, 1.54) is 19.1 Å². The molecule has 2 aromatic carbocycles. The number of esters is 1. The van der Waals surface area contributed by atoms with Crippen molar-refractivity contribution >= 4 is 23.3 Å². The van der Waals surface area contributed by atoms with Crippen LogP contribution in [0, 0.1) is 5.82 Å². The Morgan fingerprint density at radius 2 is 1.77 bits per heavy atom. The fraction of sp³-hybridized carbons (Fsp3) is 0.125. The van der Waals surface area contributed by atoms with E-state index in [1.807, 2.05) is 0 Å². The zero-order valence-electron chi connectivity index (χ0n) is 11.9. The Bertz CT molecular complexity index is 686. The zero-order chi connectivity index (χ0) is 16.1. The van der Waals surface area contributed by atoms with E-state index >= 15 is 0 Å². The summed E-state index contributed by atoms with van der Waals surface area (Å²) in [6.07, 6.45) is -1.02. The molecular formula is C16H15FN2O3. The van der Waals surface area contributed by atoms with Crippen LogP contribution in [-0.2, 0) is 9.53 Å². The van der Waals surface area contributed by atoms with E-state index in [2.05, 4.69) is 5.32 Å². The zero-order valence-corrected chi connectivity index (χ0v) is 11.9. The minimum absolute atomic E-state index is 0.250. The summed E-state index contributed by atoms with van der Waals surface area (Å²) in [4.78, 5) is 23.1. The Kier molecular flexibility index (Phi) is 4.73. The average molecular weight is 302 g/mol. The molecule has 0 aromatic heterocycles. The standard InChI is InChI=1S/C16H15FN2O3/c1-10(15(18)20)22-16(21)13-4-2-3-5-14(13)19-12-8-6-11(17)7-9-12/h2-10,19H,1H3,(H2,18,20)/t10-/m1/s1. The number of amides is 1. The van der Waals surface area contributed by atoms with E-state index in [1.54, 1.807) is 36.4 Å². The lowest BCUT2D eigenvalue weighted by molar-refractivity contribution is -0.125. The molecule has 1 atom stereocenters. The molecule has 0 aliphatic rings. The quantitative estimate of drug-likeness (QED) is 0.832. The van der Waals surface area contributed by atoms with Gasteiger partial charge in [-0.25, -0.2) is 9.18 Å². The number of benzene rings is 2. The first-order valence-corrected chi connectivity index (χ1v) is 6.59. The van der Waals surface area contributed by atoms with E-state index < -0.39 is 18.0 Å². The lowest BCUT2D eigenvalue weighted by Crippen LogP contribution is -2.30. The predicted molar refractivity (Wildman–Crippen MR) is 80.2 cm³/mol. The van der Waals surface area contributed by atoms with Crippen LogP contribution < -0.4 is 11.1 Å². The van der Waals surface area contributed by atoms with Crippen molar-refractivity contribution in [2.45, 2.75) is 13.0 Å². The number of primary amides is 1. The Morgan fingerprint density at radius 3 is 2.41 bits per heavy atom. The van der Waals surface area contributed by atoms with Crippen molar-refractivity contribution < 1.29 is 18.7 Å². The molecule has 0 aliphatic heterocycles. The van der Waals surface area contributed by atoms with Gasteiger partial charge in [0, 0.05) is 5.69 Å². The first kappa shape index (κ1) is 15.5. The monoisotopic (exact) mass is 302 g/mol. The van der Waals surface area contributed by atoms with Gasteiger partial charge in [0.15, 0.2) is 6.10 Å². The van der Waals surface area contributed by atoms with Crippen molar-refractivity contribution in [1.29, 1.82) is 0 Å². The summed E-state index contributed by atoms with van der Waals surface area (Å²) in [5, 5.41) is 3.00. The van der Waals surface area contributed by atoms with Gasteiger partial charge in [-0.3, -0.25) is 4.79 Å². The van der Waals surface area contributed by atoms with Gasteiger partial charge < -0.3 is 15.8 Å². The van der Waals surface area contributed by atoms with Crippen molar-refractivity contribution in [2.24, 2.45) is 5.73 Å². The smallest absolute Gasteiger partial charge is 0.341 e. The van der Waals surface area contributed by atoms with Gasteiger partial charge in [-0.15, -0.1) is 0 Å². The molecule has 114 valence electrons. The third-order valence-electron chi connectivity index (χ3n) is 2.95. The van der Waals surface area contributed by atoms with Crippen LogP contribution in [0.1, 0.15) is 17.3 Å². The van der Waals surface area contributed by atoms with Crippen LogP contribution in [-0.4, -0.2) is 18.0 Å². The predicted octanol–water partition coefficient (Wildman–Crippen LogP) is 2.60. The highest BCUT2D eigenvalue weighted by Gasteiger charge is 2.18. The fourth-order valence-corrected chi connectivity index (χ4v) is 1.74. The number of hydrogen-bond donors (Lipinski definition) is 2. The topological polar surface area (TPSA) is 81.4 Å². The van der Waals surface area contributed by atoms with E-state index in [0.29, 0.717) is 11.4 Å². The minimum Gasteiger partial charge on any atom is -0.449 e. The van der Waals surface area contributed by atoms with Crippen molar-refractivity contribution in [2.75, 3.05) is 5.32 Å². The highest BCUT2D eigenvalue weighted by atomic mass is 19.1. The third-order valence-corrected chi connectivity index (χ3v) is 2.95. The molecule has 0 bridgehead atoms. The second-order valence-electron chi connectivity index (χ2n) is 4.63. The maximum absolute atomic E-state index is 12.9. The first-order valence-electron chi connectivity index (χ1n) is 6.59. The molecule has 1 amide bonds. The summed E-state index contributed by atoms with van der Waals surface area (Å²) in [6, 6.07) is 12.3. The van der Waals surface area contributed by atoms with Crippen LogP contribution in [0.15, 0.2) is 48.5 Å². The van der Waals surface area contributed by atoms with E-state index in [9.17, 15) is 14.0 Å². The van der Waals surface area contributed by atoms with Crippen LogP contribution in [0.25, 0.3) is 0 Å². The lowest BCUT2D eigenvalue weighted by atomic mass is 10.1. The second-order valence-corrected chi connectivity index (χ2v) is 4.63. The molecule has 0 spiro atoms. The number of halogens is 1. The van der Waals surface area contributed by atoms with Crippen molar-refractivity contribution in [3.8, 4) is 0 Å². The number of nitrogens with one attached hydrogen (secondary N) is 1. The maximum atomic E-state index is 12.9. The summed E-state index contributed by atoms with van der Waals surface area (Å²) < 4.78 is 17.9. The number of rotatable bonds is 5. The highest BCUT2D eigenvalue weighted by Crippen LogP contribution is 2.22. The highest BCUT2D eigenvalue weighted by molar-refractivity contribution is 5.97. The van der Waals surface area contributed by atoms with Gasteiger partial charge >= 0.3 is 5.97 Å². The van der Waals surface area contributed by atoms with Gasteiger partial charge in [-0.2, -0.15) is 0 Å². The van der Waals surface area contributed by atoms with Crippen LogP contribution in [0.3, 0.4) is 0 Å². The summed E-state index contributed by atoms with van der Waals surface area (Å²) in [5.41, 5.74) is 6.42. The number of para-hydroxylation sites is 1. The number of nitrogens with two attached hydrogens (primary N) is 1. The van der Waals surface area contributed by atoms with E-state index in [4.69, 9.17) is 10.5 Å². The van der Waals surface area contributed by atoms with Gasteiger partial charge in [0.2, 0.25) is 0 Å². The second kappa shape index (κ2) is 6.71. The van der Waals surface area contributed by atoms with E-state index in [0.717, 1.165) is 0 Å². The van der Waals surface area contributed by atoms with Crippen LogP contribution in [0.2, 0.25) is 0 Å². The number of carbonyl (C=O) groups is 2. The van der Waals surface area contributed by atoms with E-state index in [-0.39, 0.29) is 11.4 Å². The largest absolute Gasteiger partial charge is 0.449 e. The number of anilines is 2. The Labute approximate surface area is 126 Å². The molecule has 0 radical (unpaired) electrons. The molecule has 0 aliphatic carbocycles. The van der Waals surface area contributed by atoms with Crippen LogP contribution in [0.4, 0.5) is 15.8 Å². The summed E-state index contributed by atoms with van der Waals surface area (Å²) in [5.74, 6) is -1.75. The first-order chi connectivity index (χ1) is 10.5. The fourth-order valence-electron chi connectivity index (χ4n) is 1.74. The van der Waals surface area contributed by atoms with Crippen LogP contribution in [0.5, 0.6) is 0 Å². The molecular weight excluding hydrogens is 287 g/mol. The van der Waals surface area contributed by atoms with Gasteiger partial charge in [-0.05, 0) is 43.3 Å². The molecule has 2 rings (SSSR count). The molecule has 6 heteroatoms. The van der Waals surface area contributed by atoms with Crippen molar-refractivity contribution in [3.63, 3.8) is 0 Å². The van der Waals surface area contributed by atoms with Crippen molar-refractivity contribution in [3.05, 3.63) is 59.9 Å². The summed E-state index contributed by atoms with van der Waals surface area (Å²) >= 11 is 0. The Balaban J connectivity index is 2.21. The molecule has 0 heterocycles. The lowest BCUT2D eigenvalue weighted by Gasteiger charge is -2.13. The normalized spacial score (nSPS) is 11.5. The third kappa shape index (κ3) is 3.82. The SMILES string of the molecule is C[C@@H](OC(=O)c1ccccc1Nc1ccc(F)cc1)C(N)=O. The molecule has 3 N–H and O–H groups in total. The van der Waals surface area contributed by atoms with Gasteiger partial charge in [0.1, 0.15) is 5.82 Å². The van der Waals surface area contributed by atoms with Crippen molar-refractivity contribution in [1.82, 2.24) is 0 Å². The number of hydrogen-bond acceptors (Lipinski definition) is 4. The number of carbonyl (C=O) groups excluding carboxylic acids is 2. The van der Waals surface area contributed by atoms with Gasteiger partial charge in [-0.1, -0.05) is 12.1 Å². The molecule has 0 unspecified atom stereocenters. The summed E-state index contributed by atoms with van der Waals surface area (Å²) in [6.45, 7) is 1.40. The Hall–Kier alpha value is -2.89. The van der Waals surface area contributed by atoms with Gasteiger partial charge in [0.05, 0.1) is 11.3 Å². The molecule has 22 heavy (non-hydrogen) atoms. The molecule has 2 aromatic rings. The molecule has 5 nitrogen and oxygen atoms in total. The van der Waals surface area contributed by atoms with Gasteiger partial charge in [0.25, 0.3) is 5.91 Å².